The minimum Gasteiger partial charge on any atom is -0.478 e. The van der Waals surface area contributed by atoms with E-state index in [-0.39, 0.29) is 5.56 Å². The highest BCUT2D eigenvalue weighted by Gasteiger charge is 2.31. The van der Waals surface area contributed by atoms with Crippen LogP contribution in [-0.4, -0.2) is 17.6 Å². The number of aromatic carboxylic acids is 1. The summed E-state index contributed by atoms with van der Waals surface area (Å²) < 4.78 is 13.5. The molecule has 1 aromatic rings. The van der Waals surface area contributed by atoms with E-state index in [4.69, 9.17) is 5.11 Å². The van der Waals surface area contributed by atoms with Crippen LogP contribution < -0.4 is 5.32 Å². The molecule has 0 aromatic heterocycles. The Kier molecular flexibility index (Phi) is 2.81. The van der Waals surface area contributed by atoms with Gasteiger partial charge < -0.3 is 10.4 Å². The second kappa shape index (κ2) is 4.12. The Labute approximate surface area is 93.3 Å². The van der Waals surface area contributed by atoms with Crippen molar-refractivity contribution in [3.05, 3.63) is 29.6 Å². The third-order valence-electron chi connectivity index (χ3n) is 3.05. The molecule has 1 aromatic carbocycles. The van der Waals surface area contributed by atoms with Gasteiger partial charge >= 0.3 is 5.97 Å². The molecule has 1 aliphatic rings. The van der Waals surface area contributed by atoms with Crippen LogP contribution in [0.2, 0.25) is 0 Å². The molecule has 0 amide bonds. The summed E-state index contributed by atoms with van der Waals surface area (Å²) in [6.07, 6.45) is 1.18. The minimum atomic E-state index is -1.11. The Bertz CT molecular complexity index is 419. The minimum absolute atomic E-state index is 0.0251. The van der Waals surface area contributed by atoms with Crippen LogP contribution in [0.15, 0.2) is 18.2 Å². The van der Waals surface area contributed by atoms with Crippen molar-refractivity contribution in [2.75, 3.05) is 11.9 Å². The number of carboxylic acids is 1. The number of anilines is 1. The zero-order valence-electron chi connectivity index (χ0n) is 9.03. The first-order chi connectivity index (χ1) is 7.58. The van der Waals surface area contributed by atoms with E-state index in [1.54, 1.807) is 0 Å². The van der Waals surface area contributed by atoms with E-state index in [2.05, 4.69) is 12.2 Å². The van der Waals surface area contributed by atoms with Gasteiger partial charge in [0.15, 0.2) is 0 Å². The summed E-state index contributed by atoms with van der Waals surface area (Å²) in [5.74, 6) is -0.276. The van der Waals surface area contributed by atoms with Crippen molar-refractivity contribution in [1.82, 2.24) is 0 Å². The summed E-state index contributed by atoms with van der Waals surface area (Å²) in [4.78, 5) is 10.6. The maximum atomic E-state index is 13.5. The van der Waals surface area contributed by atoms with Gasteiger partial charge in [-0.05, 0) is 36.5 Å². The normalized spacial score (nSPS) is 22.9. The molecule has 2 N–H and O–H groups in total. The van der Waals surface area contributed by atoms with Gasteiger partial charge in [-0.3, -0.25) is 0 Å². The number of hydrogen-bond donors (Lipinski definition) is 2. The number of hydrogen-bond acceptors (Lipinski definition) is 2. The van der Waals surface area contributed by atoms with E-state index in [0.29, 0.717) is 17.5 Å². The van der Waals surface area contributed by atoms with Gasteiger partial charge in [-0.15, -0.1) is 0 Å². The highest BCUT2D eigenvalue weighted by Crippen LogP contribution is 2.37. The fourth-order valence-corrected chi connectivity index (χ4v) is 1.72. The van der Waals surface area contributed by atoms with Crippen molar-refractivity contribution in [3.8, 4) is 0 Å². The van der Waals surface area contributed by atoms with Gasteiger partial charge in [0.25, 0.3) is 0 Å². The van der Waals surface area contributed by atoms with E-state index < -0.39 is 11.8 Å². The zero-order valence-corrected chi connectivity index (χ0v) is 9.03. The smallest absolute Gasteiger partial charge is 0.335 e. The summed E-state index contributed by atoms with van der Waals surface area (Å²) in [7, 11) is 0. The molecule has 0 saturated heterocycles. The standard InChI is InChI=1S/C12H14FNO2/c1-7-4-9(7)6-14-11-3-2-8(12(15)16)5-10(11)13/h2-3,5,7,9,14H,4,6H2,1H3,(H,15,16). The molecule has 0 radical (unpaired) electrons. The van der Waals surface area contributed by atoms with Gasteiger partial charge in [0.05, 0.1) is 11.3 Å². The molecule has 16 heavy (non-hydrogen) atoms. The van der Waals surface area contributed by atoms with Crippen LogP contribution in [-0.2, 0) is 0 Å². The Morgan fingerprint density at radius 1 is 1.62 bits per heavy atom. The lowest BCUT2D eigenvalue weighted by Gasteiger charge is -2.07. The monoisotopic (exact) mass is 223 g/mol. The molecule has 1 fully saturated rings. The van der Waals surface area contributed by atoms with Crippen molar-refractivity contribution < 1.29 is 14.3 Å². The number of carbonyl (C=O) groups is 1. The average molecular weight is 223 g/mol. The van der Waals surface area contributed by atoms with Crippen molar-refractivity contribution in [2.24, 2.45) is 11.8 Å². The molecular weight excluding hydrogens is 209 g/mol. The first kappa shape index (κ1) is 10.9. The maximum Gasteiger partial charge on any atom is 0.335 e. The average Bonchev–Trinajstić information content (AvgIpc) is 2.92. The van der Waals surface area contributed by atoms with Crippen LogP contribution in [0.1, 0.15) is 23.7 Å². The molecule has 2 rings (SSSR count). The van der Waals surface area contributed by atoms with Gasteiger partial charge in [-0.1, -0.05) is 6.92 Å². The van der Waals surface area contributed by atoms with Gasteiger partial charge in [0, 0.05) is 6.54 Å². The molecule has 0 heterocycles. The molecule has 86 valence electrons. The van der Waals surface area contributed by atoms with Crippen molar-refractivity contribution in [2.45, 2.75) is 13.3 Å². The Morgan fingerprint density at radius 3 is 2.81 bits per heavy atom. The van der Waals surface area contributed by atoms with E-state index in [0.717, 1.165) is 12.6 Å². The summed E-state index contributed by atoms with van der Waals surface area (Å²) in [5, 5.41) is 11.7. The zero-order chi connectivity index (χ0) is 11.7. The molecular formula is C12H14FNO2. The Balaban J connectivity index is 2.01. The van der Waals surface area contributed by atoms with E-state index in [1.165, 1.54) is 18.6 Å². The quantitative estimate of drug-likeness (QED) is 0.824. The molecule has 0 bridgehead atoms. The van der Waals surface area contributed by atoms with Gasteiger partial charge in [0.1, 0.15) is 5.82 Å². The fourth-order valence-electron chi connectivity index (χ4n) is 1.72. The van der Waals surface area contributed by atoms with E-state index in [9.17, 15) is 9.18 Å². The van der Waals surface area contributed by atoms with Crippen LogP contribution in [0.25, 0.3) is 0 Å². The lowest BCUT2D eigenvalue weighted by molar-refractivity contribution is 0.0696. The van der Waals surface area contributed by atoms with Crippen LogP contribution >= 0.6 is 0 Å². The molecule has 4 heteroatoms. The van der Waals surface area contributed by atoms with Gasteiger partial charge in [0.2, 0.25) is 0 Å². The van der Waals surface area contributed by atoms with Crippen molar-refractivity contribution in [1.29, 1.82) is 0 Å². The number of carboxylic acid groups (broad SMARTS) is 1. The number of halogens is 1. The largest absolute Gasteiger partial charge is 0.478 e. The van der Waals surface area contributed by atoms with Crippen LogP contribution in [0, 0.1) is 17.7 Å². The molecule has 3 nitrogen and oxygen atoms in total. The first-order valence-corrected chi connectivity index (χ1v) is 5.34. The molecule has 0 aliphatic heterocycles. The van der Waals surface area contributed by atoms with E-state index in [1.807, 2.05) is 0 Å². The first-order valence-electron chi connectivity index (χ1n) is 5.34. The highest BCUT2D eigenvalue weighted by molar-refractivity contribution is 5.88. The van der Waals surface area contributed by atoms with Crippen LogP contribution in [0.4, 0.5) is 10.1 Å². The fraction of sp³-hybridized carbons (Fsp3) is 0.417. The van der Waals surface area contributed by atoms with Crippen molar-refractivity contribution >= 4 is 11.7 Å². The summed E-state index contributed by atoms with van der Waals surface area (Å²) in [5.41, 5.74) is 0.354. The second-order valence-corrected chi connectivity index (χ2v) is 4.35. The van der Waals surface area contributed by atoms with Crippen LogP contribution in [0.5, 0.6) is 0 Å². The highest BCUT2D eigenvalue weighted by atomic mass is 19.1. The predicted molar refractivity (Wildman–Crippen MR) is 59.1 cm³/mol. The molecule has 2 unspecified atom stereocenters. The van der Waals surface area contributed by atoms with Crippen molar-refractivity contribution in [3.63, 3.8) is 0 Å². The predicted octanol–water partition coefficient (Wildman–Crippen LogP) is 2.59. The van der Waals surface area contributed by atoms with Gasteiger partial charge in [-0.25, -0.2) is 9.18 Å². The third kappa shape index (κ3) is 2.32. The lowest BCUT2D eigenvalue weighted by atomic mass is 10.2. The SMILES string of the molecule is CC1CC1CNc1ccc(C(=O)O)cc1F. The molecule has 1 saturated carbocycles. The second-order valence-electron chi connectivity index (χ2n) is 4.35. The van der Waals surface area contributed by atoms with Gasteiger partial charge in [-0.2, -0.15) is 0 Å². The lowest BCUT2D eigenvalue weighted by Crippen LogP contribution is -2.07. The summed E-state index contributed by atoms with van der Waals surface area (Å²) in [6, 6.07) is 3.93. The number of rotatable bonds is 4. The molecule has 1 aliphatic carbocycles. The Hall–Kier alpha value is -1.58. The summed E-state index contributed by atoms with van der Waals surface area (Å²) >= 11 is 0. The molecule has 0 spiro atoms. The van der Waals surface area contributed by atoms with E-state index >= 15 is 0 Å². The number of benzene rings is 1. The van der Waals surface area contributed by atoms with Crippen LogP contribution in [0.3, 0.4) is 0 Å². The number of nitrogens with one attached hydrogen (secondary N) is 1. The Morgan fingerprint density at radius 2 is 2.31 bits per heavy atom. The molecule has 2 atom stereocenters. The topological polar surface area (TPSA) is 49.3 Å². The summed E-state index contributed by atoms with van der Waals surface area (Å²) in [6.45, 7) is 2.92. The third-order valence-corrected chi connectivity index (χ3v) is 3.05. The maximum absolute atomic E-state index is 13.5.